The van der Waals surface area contributed by atoms with Crippen LogP contribution in [-0.4, -0.2) is 17.1 Å². The Morgan fingerprint density at radius 3 is 2.89 bits per heavy atom. The molecule has 0 aliphatic carbocycles. The Bertz CT molecular complexity index is 164. The minimum absolute atomic E-state index is 0.729. The van der Waals surface area contributed by atoms with Crippen molar-refractivity contribution >= 4 is 0 Å². The molecule has 1 aromatic heterocycles. The molecule has 0 amide bonds. The summed E-state index contributed by atoms with van der Waals surface area (Å²) in [6.45, 7) is 2.04. The summed E-state index contributed by atoms with van der Waals surface area (Å²) in [6, 6.07) is 0. The fourth-order valence-corrected chi connectivity index (χ4v) is 0.627. The van der Waals surface area contributed by atoms with Crippen molar-refractivity contribution in [2.24, 2.45) is 0 Å². The van der Waals surface area contributed by atoms with Gasteiger partial charge < -0.3 is 9.72 Å². The molecule has 1 aromatic rings. The highest BCUT2D eigenvalue weighted by Crippen LogP contribution is 2.04. The molecule has 1 N–H and O–H groups in total. The number of nitrogens with one attached hydrogen (secondary N) is 1. The van der Waals surface area contributed by atoms with Gasteiger partial charge in [0.15, 0.2) is 0 Å². The van der Waals surface area contributed by atoms with E-state index in [1.807, 2.05) is 6.92 Å². The molecule has 1 heterocycles. The standard InChI is InChI=1S/C6H10N2O/c1-3-5-7-4-6(8-5)9-2/h4H,3H2,1-2H3,(H,7,8). The molecule has 0 radical (unpaired) electrons. The quantitative estimate of drug-likeness (QED) is 0.641. The largest absolute Gasteiger partial charge is 0.481 e. The van der Waals surface area contributed by atoms with E-state index in [0.29, 0.717) is 0 Å². The maximum atomic E-state index is 4.88. The molecule has 3 heteroatoms. The summed E-state index contributed by atoms with van der Waals surface area (Å²) in [5.74, 6) is 1.69. The number of H-pyrrole nitrogens is 1. The first kappa shape index (κ1) is 6.13. The molecule has 0 aromatic carbocycles. The van der Waals surface area contributed by atoms with Crippen molar-refractivity contribution in [2.75, 3.05) is 7.11 Å². The second kappa shape index (κ2) is 2.53. The van der Waals surface area contributed by atoms with Crippen molar-refractivity contribution in [2.45, 2.75) is 13.3 Å². The third kappa shape index (κ3) is 1.22. The number of ether oxygens (including phenoxy) is 1. The Kier molecular flexibility index (Phi) is 1.72. The van der Waals surface area contributed by atoms with E-state index in [-0.39, 0.29) is 0 Å². The third-order valence-electron chi connectivity index (χ3n) is 1.16. The second-order valence-electron chi connectivity index (χ2n) is 1.75. The fourth-order valence-electron chi connectivity index (χ4n) is 0.627. The molecule has 0 spiro atoms. The van der Waals surface area contributed by atoms with Gasteiger partial charge in [0, 0.05) is 6.42 Å². The van der Waals surface area contributed by atoms with Gasteiger partial charge in [-0.25, -0.2) is 4.98 Å². The lowest BCUT2D eigenvalue weighted by molar-refractivity contribution is 0.399. The number of rotatable bonds is 2. The van der Waals surface area contributed by atoms with Crippen molar-refractivity contribution in [1.29, 1.82) is 0 Å². The monoisotopic (exact) mass is 126 g/mol. The van der Waals surface area contributed by atoms with Crippen LogP contribution in [0.25, 0.3) is 0 Å². The van der Waals surface area contributed by atoms with Gasteiger partial charge in [-0.2, -0.15) is 0 Å². The van der Waals surface area contributed by atoms with Gasteiger partial charge in [-0.15, -0.1) is 0 Å². The lowest BCUT2D eigenvalue weighted by atomic mass is 10.5. The maximum absolute atomic E-state index is 4.88. The highest BCUT2D eigenvalue weighted by atomic mass is 16.5. The van der Waals surface area contributed by atoms with E-state index in [4.69, 9.17) is 4.74 Å². The van der Waals surface area contributed by atoms with E-state index in [0.717, 1.165) is 18.1 Å². The number of aromatic nitrogens is 2. The van der Waals surface area contributed by atoms with Gasteiger partial charge in [-0.1, -0.05) is 6.92 Å². The first-order chi connectivity index (χ1) is 4.36. The predicted molar refractivity (Wildman–Crippen MR) is 34.5 cm³/mol. The molecule has 0 atom stereocenters. The number of aromatic amines is 1. The van der Waals surface area contributed by atoms with Crippen molar-refractivity contribution in [1.82, 2.24) is 9.97 Å². The summed E-state index contributed by atoms with van der Waals surface area (Å²) in [7, 11) is 1.62. The zero-order chi connectivity index (χ0) is 6.69. The van der Waals surface area contributed by atoms with E-state index in [9.17, 15) is 0 Å². The van der Waals surface area contributed by atoms with Gasteiger partial charge in [0.25, 0.3) is 0 Å². The van der Waals surface area contributed by atoms with Gasteiger partial charge in [0.2, 0.25) is 5.88 Å². The highest BCUT2D eigenvalue weighted by molar-refractivity contribution is 5.06. The van der Waals surface area contributed by atoms with Gasteiger partial charge in [0.1, 0.15) is 5.82 Å². The summed E-state index contributed by atoms with van der Waals surface area (Å²) in [5.41, 5.74) is 0. The van der Waals surface area contributed by atoms with Crippen molar-refractivity contribution < 1.29 is 4.74 Å². The van der Waals surface area contributed by atoms with E-state index in [1.165, 1.54) is 0 Å². The molecule has 50 valence electrons. The lowest BCUT2D eigenvalue weighted by Crippen LogP contribution is -1.83. The van der Waals surface area contributed by atoms with Crippen LogP contribution in [0.5, 0.6) is 5.88 Å². The number of hydrogen-bond acceptors (Lipinski definition) is 2. The molecule has 0 saturated carbocycles. The average Bonchev–Trinajstić information content (AvgIpc) is 2.34. The van der Waals surface area contributed by atoms with E-state index >= 15 is 0 Å². The number of imidazole rings is 1. The molecule has 0 bridgehead atoms. The van der Waals surface area contributed by atoms with Crippen LogP contribution in [0.1, 0.15) is 12.7 Å². The summed E-state index contributed by atoms with van der Waals surface area (Å²) < 4.78 is 4.88. The summed E-state index contributed by atoms with van der Waals surface area (Å²) in [6.07, 6.45) is 2.60. The van der Waals surface area contributed by atoms with Crippen LogP contribution in [0, 0.1) is 0 Å². The van der Waals surface area contributed by atoms with Crippen LogP contribution in [0.3, 0.4) is 0 Å². The van der Waals surface area contributed by atoms with E-state index in [1.54, 1.807) is 13.3 Å². The molecule has 0 saturated heterocycles. The number of hydrogen-bond donors (Lipinski definition) is 1. The summed E-state index contributed by atoms with van der Waals surface area (Å²) in [5, 5.41) is 0. The number of methoxy groups -OCH3 is 1. The minimum Gasteiger partial charge on any atom is -0.481 e. The fraction of sp³-hybridized carbons (Fsp3) is 0.500. The van der Waals surface area contributed by atoms with E-state index in [2.05, 4.69) is 9.97 Å². The number of aryl methyl sites for hydroxylation is 1. The van der Waals surface area contributed by atoms with Gasteiger partial charge in [-0.3, -0.25) is 0 Å². The topological polar surface area (TPSA) is 37.9 Å². The Morgan fingerprint density at radius 2 is 2.56 bits per heavy atom. The molecule has 9 heavy (non-hydrogen) atoms. The highest BCUT2D eigenvalue weighted by Gasteiger charge is 1.94. The van der Waals surface area contributed by atoms with Crippen molar-refractivity contribution in [3.05, 3.63) is 12.0 Å². The third-order valence-corrected chi connectivity index (χ3v) is 1.16. The van der Waals surface area contributed by atoms with Gasteiger partial charge >= 0.3 is 0 Å². The Hall–Kier alpha value is -0.990. The molecule has 0 aliphatic heterocycles. The zero-order valence-electron chi connectivity index (χ0n) is 5.64. The molecule has 0 fully saturated rings. The summed E-state index contributed by atoms with van der Waals surface area (Å²) in [4.78, 5) is 7.00. The molecule has 0 unspecified atom stereocenters. The maximum Gasteiger partial charge on any atom is 0.210 e. The first-order valence-corrected chi connectivity index (χ1v) is 2.94. The molecule has 0 aliphatic rings. The van der Waals surface area contributed by atoms with Crippen LogP contribution in [0.15, 0.2) is 6.20 Å². The molecule has 1 rings (SSSR count). The van der Waals surface area contributed by atoms with Crippen LogP contribution in [-0.2, 0) is 6.42 Å². The lowest BCUT2D eigenvalue weighted by Gasteiger charge is -1.89. The predicted octanol–water partition coefficient (Wildman–Crippen LogP) is 0.981. The van der Waals surface area contributed by atoms with Gasteiger partial charge in [-0.05, 0) is 0 Å². The average molecular weight is 126 g/mol. The molecular weight excluding hydrogens is 116 g/mol. The molecular formula is C6H10N2O. The first-order valence-electron chi connectivity index (χ1n) is 2.94. The Labute approximate surface area is 54.1 Å². The molecule has 3 nitrogen and oxygen atoms in total. The van der Waals surface area contributed by atoms with Crippen LogP contribution in [0.4, 0.5) is 0 Å². The SMILES string of the molecule is CCc1ncc(OC)[nH]1. The van der Waals surface area contributed by atoms with Crippen LogP contribution < -0.4 is 4.74 Å². The minimum atomic E-state index is 0.729. The van der Waals surface area contributed by atoms with Gasteiger partial charge in [0.05, 0.1) is 13.3 Å². The Balaban J connectivity index is 2.74. The van der Waals surface area contributed by atoms with Crippen molar-refractivity contribution in [3.8, 4) is 5.88 Å². The Morgan fingerprint density at radius 1 is 1.78 bits per heavy atom. The smallest absolute Gasteiger partial charge is 0.210 e. The van der Waals surface area contributed by atoms with Crippen LogP contribution in [0.2, 0.25) is 0 Å². The second-order valence-corrected chi connectivity index (χ2v) is 1.75. The van der Waals surface area contributed by atoms with Crippen LogP contribution >= 0.6 is 0 Å². The van der Waals surface area contributed by atoms with Crippen molar-refractivity contribution in [3.63, 3.8) is 0 Å². The number of nitrogens with zero attached hydrogens (tertiary/aromatic N) is 1. The summed E-state index contributed by atoms with van der Waals surface area (Å²) >= 11 is 0. The van der Waals surface area contributed by atoms with E-state index < -0.39 is 0 Å². The normalized spacial score (nSPS) is 9.56. The zero-order valence-corrected chi connectivity index (χ0v) is 5.64.